The van der Waals surface area contributed by atoms with Crippen molar-refractivity contribution in [2.24, 2.45) is 0 Å². The molecule has 0 radical (unpaired) electrons. The minimum absolute atomic E-state index is 0.0241. The highest BCUT2D eigenvalue weighted by molar-refractivity contribution is 5.51. The van der Waals surface area contributed by atoms with Crippen molar-refractivity contribution < 1.29 is 0 Å². The van der Waals surface area contributed by atoms with E-state index in [4.69, 9.17) is 0 Å². The summed E-state index contributed by atoms with van der Waals surface area (Å²) in [6, 6.07) is 30.9. The zero-order valence-electron chi connectivity index (χ0n) is 11.7. The number of hydrogen-bond acceptors (Lipinski definition) is 2. The molecule has 104 valence electrons. The third-order valence-electron chi connectivity index (χ3n) is 3.30. The normalized spacial score (nSPS) is 10.3. The summed E-state index contributed by atoms with van der Waals surface area (Å²) in [6.45, 7) is 0. The Kier molecular flexibility index (Phi) is 4.18. The van der Waals surface area contributed by atoms with Crippen LogP contribution in [-0.4, -0.2) is 0 Å². The molecule has 2 heteroatoms. The summed E-state index contributed by atoms with van der Waals surface area (Å²) in [5.74, 6) is 0. The van der Waals surface area contributed by atoms with Crippen LogP contribution in [-0.2, 0) is 0 Å². The molecular formula is C19H18N2. The van der Waals surface area contributed by atoms with Gasteiger partial charge in [-0.1, -0.05) is 66.7 Å². The van der Waals surface area contributed by atoms with Crippen LogP contribution < -0.4 is 10.6 Å². The molecule has 0 atom stereocenters. The predicted octanol–water partition coefficient (Wildman–Crippen LogP) is 4.91. The van der Waals surface area contributed by atoms with Gasteiger partial charge in [-0.3, -0.25) is 0 Å². The topological polar surface area (TPSA) is 24.1 Å². The van der Waals surface area contributed by atoms with E-state index in [1.165, 1.54) is 5.56 Å². The number of para-hydroxylation sites is 2. The van der Waals surface area contributed by atoms with Crippen LogP contribution in [0.1, 0.15) is 11.7 Å². The molecule has 0 amide bonds. The summed E-state index contributed by atoms with van der Waals surface area (Å²) in [5.41, 5.74) is 3.38. The first-order valence-corrected chi connectivity index (χ1v) is 7.10. The lowest BCUT2D eigenvalue weighted by Crippen LogP contribution is -2.19. The molecule has 0 bridgehead atoms. The summed E-state index contributed by atoms with van der Waals surface area (Å²) in [4.78, 5) is 0. The molecule has 21 heavy (non-hydrogen) atoms. The quantitative estimate of drug-likeness (QED) is 0.646. The van der Waals surface area contributed by atoms with Gasteiger partial charge in [0.2, 0.25) is 0 Å². The molecular weight excluding hydrogens is 256 g/mol. The van der Waals surface area contributed by atoms with E-state index >= 15 is 0 Å². The Morgan fingerprint density at radius 2 is 0.857 bits per heavy atom. The maximum atomic E-state index is 3.53. The zero-order valence-corrected chi connectivity index (χ0v) is 11.7. The molecule has 2 N–H and O–H groups in total. The summed E-state index contributed by atoms with van der Waals surface area (Å²) in [5, 5.41) is 7.07. The van der Waals surface area contributed by atoms with Gasteiger partial charge in [0.05, 0.1) is 0 Å². The van der Waals surface area contributed by atoms with Gasteiger partial charge in [0.1, 0.15) is 6.17 Å². The molecule has 0 heterocycles. The lowest BCUT2D eigenvalue weighted by molar-refractivity contribution is 0.902. The molecule has 0 aliphatic rings. The number of benzene rings is 3. The Morgan fingerprint density at radius 3 is 1.29 bits per heavy atom. The fourth-order valence-corrected chi connectivity index (χ4v) is 2.25. The van der Waals surface area contributed by atoms with Crippen LogP contribution in [0.2, 0.25) is 0 Å². The maximum absolute atomic E-state index is 3.53. The van der Waals surface area contributed by atoms with Crippen LogP contribution in [0.3, 0.4) is 0 Å². The second-order valence-electron chi connectivity index (χ2n) is 4.86. The van der Waals surface area contributed by atoms with E-state index in [9.17, 15) is 0 Å². The average Bonchev–Trinajstić information content (AvgIpc) is 2.57. The van der Waals surface area contributed by atoms with Gasteiger partial charge in [-0.25, -0.2) is 0 Å². The van der Waals surface area contributed by atoms with Gasteiger partial charge in [0.15, 0.2) is 0 Å². The maximum Gasteiger partial charge on any atom is 0.123 e. The summed E-state index contributed by atoms with van der Waals surface area (Å²) >= 11 is 0. The Hall–Kier alpha value is -2.74. The highest BCUT2D eigenvalue weighted by Crippen LogP contribution is 2.21. The number of hydrogen-bond donors (Lipinski definition) is 2. The Labute approximate surface area is 125 Å². The van der Waals surface area contributed by atoms with Crippen molar-refractivity contribution in [2.45, 2.75) is 6.17 Å². The van der Waals surface area contributed by atoms with Gasteiger partial charge in [-0.05, 0) is 29.8 Å². The van der Waals surface area contributed by atoms with Crippen LogP contribution in [0.15, 0.2) is 91.0 Å². The number of nitrogens with one attached hydrogen (secondary N) is 2. The van der Waals surface area contributed by atoms with Gasteiger partial charge in [0.25, 0.3) is 0 Å². The van der Waals surface area contributed by atoms with Crippen molar-refractivity contribution >= 4 is 11.4 Å². The van der Waals surface area contributed by atoms with Crippen LogP contribution in [0, 0.1) is 0 Å². The van der Waals surface area contributed by atoms with E-state index in [0.29, 0.717) is 0 Å². The predicted molar refractivity (Wildman–Crippen MR) is 89.3 cm³/mol. The standard InChI is InChI=1S/C19H18N2/c1-4-10-16(11-5-1)19(20-17-12-6-2-7-13-17)21-18-14-8-3-9-15-18/h1-15,19-21H. The number of rotatable bonds is 5. The van der Waals surface area contributed by atoms with Gasteiger partial charge in [-0.15, -0.1) is 0 Å². The van der Waals surface area contributed by atoms with Crippen molar-refractivity contribution in [3.8, 4) is 0 Å². The van der Waals surface area contributed by atoms with E-state index in [1.54, 1.807) is 0 Å². The summed E-state index contributed by atoms with van der Waals surface area (Å²) in [6.07, 6.45) is 0.0241. The number of anilines is 2. The van der Waals surface area contributed by atoms with Crippen LogP contribution in [0.25, 0.3) is 0 Å². The Bertz CT molecular complexity index is 609. The van der Waals surface area contributed by atoms with E-state index in [0.717, 1.165) is 11.4 Å². The molecule has 0 aliphatic carbocycles. The third kappa shape index (κ3) is 3.63. The van der Waals surface area contributed by atoms with Crippen molar-refractivity contribution in [1.82, 2.24) is 0 Å². The van der Waals surface area contributed by atoms with Crippen molar-refractivity contribution in [3.63, 3.8) is 0 Å². The molecule has 0 spiro atoms. The summed E-state index contributed by atoms with van der Waals surface area (Å²) < 4.78 is 0. The molecule has 0 saturated heterocycles. The molecule has 0 fully saturated rings. The van der Waals surface area contributed by atoms with Crippen molar-refractivity contribution in [3.05, 3.63) is 96.6 Å². The van der Waals surface area contributed by atoms with E-state index < -0.39 is 0 Å². The van der Waals surface area contributed by atoms with Crippen LogP contribution in [0.4, 0.5) is 11.4 Å². The van der Waals surface area contributed by atoms with Gasteiger partial charge in [-0.2, -0.15) is 0 Å². The minimum atomic E-state index is 0.0241. The lowest BCUT2D eigenvalue weighted by Gasteiger charge is -2.23. The molecule has 2 nitrogen and oxygen atoms in total. The van der Waals surface area contributed by atoms with E-state index in [2.05, 4.69) is 59.2 Å². The minimum Gasteiger partial charge on any atom is -0.362 e. The third-order valence-corrected chi connectivity index (χ3v) is 3.30. The summed E-state index contributed by atoms with van der Waals surface area (Å²) in [7, 11) is 0. The molecule has 0 saturated carbocycles. The van der Waals surface area contributed by atoms with Crippen LogP contribution in [0.5, 0.6) is 0 Å². The molecule has 0 aromatic heterocycles. The highest BCUT2D eigenvalue weighted by Gasteiger charge is 2.10. The fourth-order valence-electron chi connectivity index (χ4n) is 2.25. The first kappa shape index (κ1) is 13.3. The van der Waals surface area contributed by atoms with Crippen molar-refractivity contribution in [1.29, 1.82) is 0 Å². The Balaban J connectivity index is 1.84. The second kappa shape index (κ2) is 6.62. The Morgan fingerprint density at radius 1 is 0.476 bits per heavy atom. The first-order chi connectivity index (χ1) is 10.4. The largest absolute Gasteiger partial charge is 0.362 e. The highest BCUT2D eigenvalue weighted by atomic mass is 15.1. The molecule has 3 aromatic rings. The monoisotopic (exact) mass is 274 g/mol. The van der Waals surface area contributed by atoms with Gasteiger partial charge < -0.3 is 10.6 Å². The first-order valence-electron chi connectivity index (χ1n) is 7.10. The van der Waals surface area contributed by atoms with Gasteiger partial charge >= 0.3 is 0 Å². The second-order valence-corrected chi connectivity index (χ2v) is 4.86. The molecule has 0 aliphatic heterocycles. The van der Waals surface area contributed by atoms with E-state index in [1.807, 2.05) is 42.5 Å². The smallest absolute Gasteiger partial charge is 0.123 e. The zero-order chi connectivity index (χ0) is 14.3. The molecule has 0 unspecified atom stereocenters. The molecule has 3 rings (SSSR count). The van der Waals surface area contributed by atoms with E-state index in [-0.39, 0.29) is 6.17 Å². The average molecular weight is 274 g/mol. The lowest BCUT2D eigenvalue weighted by atomic mass is 10.1. The van der Waals surface area contributed by atoms with Crippen molar-refractivity contribution in [2.75, 3.05) is 10.6 Å². The fraction of sp³-hybridized carbons (Fsp3) is 0.0526. The molecule has 3 aromatic carbocycles. The van der Waals surface area contributed by atoms with Gasteiger partial charge in [0, 0.05) is 11.4 Å². The SMILES string of the molecule is c1ccc(NC(Nc2ccccc2)c2ccccc2)cc1. The van der Waals surface area contributed by atoms with Crippen LogP contribution >= 0.6 is 0 Å².